The van der Waals surface area contributed by atoms with E-state index in [1.807, 2.05) is 13.8 Å². The number of hydrogen-bond donors (Lipinski definition) is 2. The van der Waals surface area contributed by atoms with Crippen LogP contribution in [0.4, 0.5) is 4.39 Å². The Balaban J connectivity index is 0.00000144. The van der Waals surface area contributed by atoms with Crippen LogP contribution in [-0.4, -0.2) is 35.0 Å². The van der Waals surface area contributed by atoms with Crippen LogP contribution in [0, 0.1) is 19.7 Å². The van der Waals surface area contributed by atoms with E-state index >= 15 is 0 Å². The van der Waals surface area contributed by atoms with E-state index in [2.05, 4.69) is 20.6 Å². The third-order valence-corrected chi connectivity index (χ3v) is 4.02. The number of amides is 1. The zero-order valence-corrected chi connectivity index (χ0v) is 15.2. The number of hydrogen-bond acceptors (Lipinski definition) is 4. The molecule has 2 heterocycles. The van der Waals surface area contributed by atoms with Crippen molar-refractivity contribution in [3.05, 3.63) is 34.9 Å². The number of piperidine rings is 1. The molecule has 132 valence electrons. The van der Waals surface area contributed by atoms with Crippen molar-refractivity contribution in [2.45, 2.75) is 32.7 Å². The molecule has 1 aliphatic heterocycles. The van der Waals surface area contributed by atoms with Gasteiger partial charge in [0.25, 0.3) is 5.91 Å². The molecule has 1 amide bonds. The zero-order chi connectivity index (χ0) is 15.7. The molecule has 0 spiro atoms. The SMILES string of the molecule is Cc1nc2cc(F)cc(C(=O)N[C@H]3CCCNC3)c2nc1C.Cl.Cl. The van der Waals surface area contributed by atoms with Crippen LogP contribution in [0.5, 0.6) is 0 Å². The van der Waals surface area contributed by atoms with Crippen molar-refractivity contribution in [2.75, 3.05) is 13.1 Å². The Morgan fingerprint density at radius 1 is 1.25 bits per heavy atom. The van der Waals surface area contributed by atoms with Gasteiger partial charge in [0.15, 0.2) is 0 Å². The van der Waals surface area contributed by atoms with Gasteiger partial charge in [-0.05, 0) is 39.3 Å². The summed E-state index contributed by atoms with van der Waals surface area (Å²) in [7, 11) is 0. The van der Waals surface area contributed by atoms with Crippen molar-refractivity contribution in [1.82, 2.24) is 20.6 Å². The molecule has 1 atom stereocenters. The molecule has 3 rings (SSSR count). The van der Waals surface area contributed by atoms with E-state index < -0.39 is 5.82 Å². The number of aryl methyl sites for hydroxylation is 2. The number of rotatable bonds is 2. The Morgan fingerprint density at radius 3 is 2.62 bits per heavy atom. The molecule has 0 bridgehead atoms. The molecule has 1 aliphatic rings. The normalized spacial score (nSPS) is 16.9. The topological polar surface area (TPSA) is 66.9 Å². The Hall–Kier alpha value is -1.50. The quantitative estimate of drug-likeness (QED) is 0.847. The highest BCUT2D eigenvalue weighted by molar-refractivity contribution is 6.04. The first kappa shape index (κ1) is 20.5. The van der Waals surface area contributed by atoms with Crippen molar-refractivity contribution in [1.29, 1.82) is 0 Å². The maximum atomic E-state index is 13.8. The van der Waals surface area contributed by atoms with Crippen molar-refractivity contribution in [3.63, 3.8) is 0 Å². The van der Waals surface area contributed by atoms with Crippen molar-refractivity contribution < 1.29 is 9.18 Å². The highest BCUT2D eigenvalue weighted by atomic mass is 35.5. The van der Waals surface area contributed by atoms with Gasteiger partial charge in [0.2, 0.25) is 0 Å². The molecule has 0 unspecified atom stereocenters. The number of carbonyl (C=O) groups is 1. The Bertz CT molecular complexity index is 736. The van der Waals surface area contributed by atoms with Gasteiger partial charge in [0, 0.05) is 18.7 Å². The van der Waals surface area contributed by atoms with E-state index in [0.717, 1.165) is 37.3 Å². The van der Waals surface area contributed by atoms with E-state index in [1.54, 1.807) is 0 Å². The fourth-order valence-electron chi connectivity index (χ4n) is 2.71. The van der Waals surface area contributed by atoms with E-state index in [9.17, 15) is 9.18 Å². The predicted molar refractivity (Wildman–Crippen MR) is 96.8 cm³/mol. The molecule has 2 N–H and O–H groups in total. The minimum atomic E-state index is -0.475. The lowest BCUT2D eigenvalue weighted by molar-refractivity contribution is 0.0931. The maximum absolute atomic E-state index is 13.8. The smallest absolute Gasteiger partial charge is 0.253 e. The summed E-state index contributed by atoms with van der Waals surface area (Å²) in [6, 6.07) is 2.62. The molecular formula is C16H21Cl2FN4O. The molecule has 0 saturated carbocycles. The number of nitrogens with zero attached hydrogens (tertiary/aromatic N) is 2. The van der Waals surface area contributed by atoms with Gasteiger partial charge in [-0.15, -0.1) is 24.8 Å². The summed E-state index contributed by atoms with van der Waals surface area (Å²) < 4.78 is 13.8. The standard InChI is InChI=1S/C16H19FN4O.2ClH/c1-9-10(2)20-15-13(6-11(17)7-14(15)19-9)16(22)21-12-4-3-5-18-8-12;;/h6-7,12,18H,3-5,8H2,1-2H3,(H,21,22);2*1H/t12-;;/m0../s1. The van der Waals surface area contributed by atoms with E-state index in [1.165, 1.54) is 12.1 Å². The average Bonchev–Trinajstić information content (AvgIpc) is 2.49. The second kappa shape index (κ2) is 8.55. The highest BCUT2D eigenvalue weighted by Crippen LogP contribution is 2.19. The highest BCUT2D eigenvalue weighted by Gasteiger charge is 2.20. The van der Waals surface area contributed by atoms with Crippen LogP contribution in [0.1, 0.15) is 34.6 Å². The third-order valence-electron chi connectivity index (χ3n) is 4.02. The Kier molecular flexibility index (Phi) is 7.32. The van der Waals surface area contributed by atoms with E-state index in [-0.39, 0.29) is 42.3 Å². The van der Waals surface area contributed by atoms with Crippen LogP contribution in [0.25, 0.3) is 11.0 Å². The minimum Gasteiger partial charge on any atom is -0.348 e. The van der Waals surface area contributed by atoms with Gasteiger partial charge in [-0.1, -0.05) is 0 Å². The lowest BCUT2D eigenvalue weighted by atomic mass is 10.1. The van der Waals surface area contributed by atoms with Gasteiger partial charge in [-0.3, -0.25) is 4.79 Å². The molecule has 5 nitrogen and oxygen atoms in total. The molecule has 1 saturated heterocycles. The minimum absolute atomic E-state index is 0. The predicted octanol–water partition coefficient (Wildman–Crippen LogP) is 2.71. The van der Waals surface area contributed by atoms with Gasteiger partial charge in [0.05, 0.1) is 22.5 Å². The van der Waals surface area contributed by atoms with Crippen LogP contribution in [0.2, 0.25) is 0 Å². The maximum Gasteiger partial charge on any atom is 0.253 e. The first-order valence-electron chi connectivity index (χ1n) is 7.50. The molecule has 24 heavy (non-hydrogen) atoms. The first-order chi connectivity index (χ1) is 10.5. The van der Waals surface area contributed by atoms with E-state index in [4.69, 9.17) is 0 Å². The summed E-state index contributed by atoms with van der Waals surface area (Å²) in [5, 5.41) is 6.19. The van der Waals surface area contributed by atoms with Gasteiger partial charge in [-0.25, -0.2) is 14.4 Å². The van der Waals surface area contributed by atoms with Crippen LogP contribution in [-0.2, 0) is 0 Å². The fraction of sp³-hybridized carbons (Fsp3) is 0.438. The number of carbonyl (C=O) groups excluding carboxylic acids is 1. The summed E-state index contributed by atoms with van der Waals surface area (Å²) >= 11 is 0. The van der Waals surface area contributed by atoms with Gasteiger partial charge < -0.3 is 10.6 Å². The number of fused-ring (bicyclic) bond motifs is 1. The zero-order valence-electron chi connectivity index (χ0n) is 13.6. The van der Waals surface area contributed by atoms with Crippen molar-refractivity contribution in [3.8, 4) is 0 Å². The van der Waals surface area contributed by atoms with Gasteiger partial charge in [0.1, 0.15) is 11.3 Å². The molecule has 0 aliphatic carbocycles. The van der Waals surface area contributed by atoms with Crippen LogP contribution in [0.3, 0.4) is 0 Å². The molecule has 2 aromatic rings. The Labute approximate surface area is 152 Å². The van der Waals surface area contributed by atoms with Crippen LogP contribution >= 0.6 is 24.8 Å². The number of aromatic nitrogens is 2. The Morgan fingerprint density at radius 2 is 1.96 bits per heavy atom. The average molecular weight is 375 g/mol. The molecule has 1 aromatic heterocycles. The number of benzene rings is 1. The monoisotopic (exact) mass is 374 g/mol. The first-order valence-corrected chi connectivity index (χ1v) is 7.50. The van der Waals surface area contributed by atoms with Crippen molar-refractivity contribution in [2.24, 2.45) is 0 Å². The second-order valence-electron chi connectivity index (χ2n) is 5.73. The summed E-state index contributed by atoms with van der Waals surface area (Å²) in [6.45, 7) is 5.36. The molecule has 0 radical (unpaired) electrons. The van der Waals surface area contributed by atoms with E-state index in [0.29, 0.717) is 11.0 Å². The summed E-state index contributed by atoms with van der Waals surface area (Å²) in [5.74, 6) is -0.771. The second-order valence-corrected chi connectivity index (χ2v) is 5.73. The third kappa shape index (κ3) is 4.32. The molecule has 1 fully saturated rings. The lowest BCUT2D eigenvalue weighted by Crippen LogP contribution is -2.45. The number of nitrogens with one attached hydrogen (secondary N) is 2. The summed E-state index contributed by atoms with van der Waals surface area (Å²) in [4.78, 5) is 21.3. The van der Waals surface area contributed by atoms with Gasteiger partial charge >= 0.3 is 0 Å². The van der Waals surface area contributed by atoms with Crippen LogP contribution < -0.4 is 10.6 Å². The molecular weight excluding hydrogens is 354 g/mol. The fourth-order valence-corrected chi connectivity index (χ4v) is 2.71. The largest absolute Gasteiger partial charge is 0.348 e. The summed E-state index contributed by atoms with van der Waals surface area (Å²) in [6.07, 6.45) is 1.95. The van der Waals surface area contributed by atoms with Crippen LogP contribution in [0.15, 0.2) is 12.1 Å². The summed E-state index contributed by atoms with van der Waals surface area (Å²) in [5.41, 5.74) is 2.59. The number of halogens is 3. The molecule has 1 aromatic carbocycles. The van der Waals surface area contributed by atoms with Crippen molar-refractivity contribution >= 4 is 41.8 Å². The lowest BCUT2D eigenvalue weighted by Gasteiger charge is -2.24. The molecule has 8 heteroatoms. The van der Waals surface area contributed by atoms with Gasteiger partial charge in [-0.2, -0.15) is 0 Å².